The third-order valence-corrected chi connectivity index (χ3v) is 3.22. The molecule has 104 valence electrons. The number of aryl methyl sites for hydroxylation is 2. The van der Waals surface area contributed by atoms with Gasteiger partial charge in [-0.25, -0.2) is 4.98 Å². The van der Waals surface area contributed by atoms with Crippen LogP contribution in [0.15, 0.2) is 41.0 Å². The second kappa shape index (κ2) is 6.52. The number of amides is 1. The Labute approximate surface area is 126 Å². The molecule has 0 aliphatic rings. The van der Waals surface area contributed by atoms with E-state index in [1.165, 1.54) is 0 Å². The summed E-state index contributed by atoms with van der Waals surface area (Å²) in [5, 5.41) is 2.68. The number of carbonyl (C=O) groups is 1. The number of anilines is 1. The van der Waals surface area contributed by atoms with E-state index in [1.54, 1.807) is 12.3 Å². The fourth-order valence-corrected chi connectivity index (χ4v) is 2.03. The zero-order valence-electron chi connectivity index (χ0n) is 11.3. The third kappa shape index (κ3) is 3.81. The van der Waals surface area contributed by atoms with Gasteiger partial charge in [-0.3, -0.25) is 4.79 Å². The molecule has 2 aromatic rings. The van der Waals surface area contributed by atoms with Gasteiger partial charge in [-0.1, -0.05) is 18.2 Å². The number of pyridine rings is 1. The summed E-state index contributed by atoms with van der Waals surface area (Å²) >= 11 is 3.29. The smallest absolute Gasteiger partial charge is 0.263 e. The summed E-state index contributed by atoms with van der Waals surface area (Å²) in [6, 6.07) is 9.41. The molecule has 0 saturated heterocycles. The number of nitrogens with zero attached hydrogens (tertiary/aromatic N) is 1. The van der Waals surface area contributed by atoms with Crippen LogP contribution in [0.25, 0.3) is 0 Å². The SMILES string of the molecule is Cc1cccc(C)c1OCC(=O)Nc1ccc(Br)cn1. The van der Waals surface area contributed by atoms with E-state index < -0.39 is 0 Å². The predicted octanol–water partition coefficient (Wildman–Crippen LogP) is 3.48. The predicted molar refractivity (Wildman–Crippen MR) is 82.0 cm³/mol. The summed E-state index contributed by atoms with van der Waals surface area (Å²) in [5.41, 5.74) is 2.03. The van der Waals surface area contributed by atoms with Gasteiger partial charge in [0.05, 0.1) is 0 Å². The minimum Gasteiger partial charge on any atom is -0.483 e. The van der Waals surface area contributed by atoms with Crippen molar-refractivity contribution in [2.75, 3.05) is 11.9 Å². The molecule has 0 aliphatic carbocycles. The molecule has 0 bridgehead atoms. The molecule has 0 saturated carbocycles. The van der Waals surface area contributed by atoms with Crippen LogP contribution in [-0.2, 0) is 4.79 Å². The quantitative estimate of drug-likeness (QED) is 0.931. The molecule has 4 nitrogen and oxygen atoms in total. The zero-order chi connectivity index (χ0) is 14.5. The van der Waals surface area contributed by atoms with Crippen molar-refractivity contribution < 1.29 is 9.53 Å². The molecule has 0 atom stereocenters. The van der Waals surface area contributed by atoms with Crippen LogP contribution >= 0.6 is 15.9 Å². The number of hydrogen-bond donors (Lipinski definition) is 1. The number of ether oxygens (including phenoxy) is 1. The van der Waals surface area contributed by atoms with Gasteiger partial charge in [0.15, 0.2) is 6.61 Å². The van der Waals surface area contributed by atoms with Crippen LogP contribution in [0.3, 0.4) is 0 Å². The summed E-state index contributed by atoms with van der Waals surface area (Å²) in [5.74, 6) is 1.03. The van der Waals surface area contributed by atoms with E-state index in [0.717, 1.165) is 21.3 Å². The molecule has 0 aliphatic heterocycles. The fourth-order valence-electron chi connectivity index (χ4n) is 1.79. The highest BCUT2D eigenvalue weighted by Crippen LogP contribution is 2.22. The average molecular weight is 335 g/mol. The van der Waals surface area contributed by atoms with Gasteiger partial charge in [0.2, 0.25) is 0 Å². The van der Waals surface area contributed by atoms with Crippen molar-refractivity contribution in [2.45, 2.75) is 13.8 Å². The summed E-state index contributed by atoms with van der Waals surface area (Å²) in [6.45, 7) is 3.87. The van der Waals surface area contributed by atoms with E-state index in [1.807, 2.05) is 38.1 Å². The van der Waals surface area contributed by atoms with Gasteiger partial charge in [0, 0.05) is 10.7 Å². The van der Waals surface area contributed by atoms with Crippen molar-refractivity contribution >= 4 is 27.7 Å². The lowest BCUT2D eigenvalue weighted by Gasteiger charge is -2.11. The standard InChI is InChI=1S/C15H15BrN2O2/c1-10-4-3-5-11(2)15(10)20-9-14(19)18-13-7-6-12(16)8-17-13/h3-8H,9H2,1-2H3,(H,17,18,19). The molecule has 2 rings (SSSR count). The highest BCUT2D eigenvalue weighted by molar-refractivity contribution is 9.10. The van der Waals surface area contributed by atoms with Crippen molar-refractivity contribution in [3.63, 3.8) is 0 Å². The Bertz CT molecular complexity index is 592. The Hall–Kier alpha value is -1.88. The van der Waals surface area contributed by atoms with Gasteiger partial charge in [0.25, 0.3) is 5.91 Å². The summed E-state index contributed by atoms with van der Waals surface area (Å²) in [4.78, 5) is 15.9. The lowest BCUT2D eigenvalue weighted by molar-refractivity contribution is -0.118. The number of rotatable bonds is 4. The Morgan fingerprint density at radius 1 is 1.25 bits per heavy atom. The first-order valence-corrected chi connectivity index (χ1v) is 6.96. The van der Waals surface area contributed by atoms with Gasteiger partial charge in [-0.2, -0.15) is 0 Å². The lowest BCUT2D eigenvalue weighted by atomic mass is 10.1. The number of para-hydroxylation sites is 1. The topological polar surface area (TPSA) is 51.2 Å². The van der Waals surface area contributed by atoms with Crippen molar-refractivity contribution in [1.82, 2.24) is 4.98 Å². The summed E-state index contributed by atoms with van der Waals surface area (Å²) in [6.07, 6.45) is 1.63. The van der Waals surface area contributed by atoms with Gasteiger partial charge in [-0.05, 0) is 53.0 Å². The monoisotopic (exact) mass is 334 g/mol. The molecule has 1 aromatic carbocycles. The van der Waals surface area contributed by atoms with E-state index in [9.17, 15) is 4.79 Å². The van der Waals surface area contributed by atoms with E-state index in [2.05, 4.69) is 26.2 Å². The second-order valence-electron chi connectivity index (χ2n) is 4.42. The van der Waals surface area contributed by atoms with Crippen LogP contribution in [0, 0.1) is 13.8 Å². The van der Waals surface area contributed by atoms with Crippen LogP contribution in [0.2, 0.25) is 0 Å². The minimum atomic E-state index is -0.234. The fraction of sp³-hybridized carbons (Fsp3) is 0.200. The molecule has 0 fully saturated rings. The van der Waals surface area contributed by atoms with E-state index in [4.69, 9.17) is 4.74 Å². The first-order valence-electron chi connectivity index (χ1n) is 6.16. The van der Waals surface area contributed by atoms with Crippen LogP contribution in [0.1, 0.15) is 11.1 Å². The van der Waals surface area contributed by atoms with Crippen molar-refractivity contribution in [3.8, 4) is 5.75 Å². The zero-order valence-corrected chi connectivity index (χ0v) is 12.9. The molecular formula is C15H15BrN2O2. The van der Waals surface area contributed by atoms with Crippen LogP contribution in [-0.4, -0.2) is 17.5 Å². The normalized spacial score (nSPS) is 10.2. The third-order valence-electron chi connectivity index (χ3n) is 2.75. The second-order valence-corrected chi connectivity index (χ2v) is 5.34. The molecule has 1 heterocycles. The van der Waals surface area contributed by atoms with Crippen LogP contribution in [0.4, 0.5) is 5.82 Å². The van der Waals surface area contributed by atoms with E-state index in [0.29, 0.717) is 5.82 Å². The molecule has 0 radical (unpaired) electrons. The molecule has 0 unspecified atom stereocenters. The van der Waals surface area contributed by atoms with Gasteiger partial charge in [-0.15, -0.1) is 0 Å². The number of aromatic nitrogens is 1. The number of benzene rings is 1. The first-order chi connectivity index (χ1) is 9.56. The van der Waals surface area contributed by atoms with E-state index in [-0.39, 0.29) is 12.5 Å². The number of carbonyl (C=O) groups excluding carboxylic acids is 1. The van der Waals surface area contributed by atoms with Gasteiger partial charge < -0.3 is 10.1 Å². The summed E-state index contributed by atoms with van der Waals surface area (Å²) in [7, 11) is 0. The highest BCUT2D eigenvalue weighted by atomic mass is 79.9. The van der Waals surface area contributed by atoms with Crippen LogP contribution in [0.5, 0.6) is 5.75 Å². The Morgan fingerprint density at radius 2 is 1.95 bits per heavy atom. The summed E-state index contributed by atoms with van der Waals surface area (Å²) < 4.78 is 6.44. The Morgan fingerprint density at radius 3 is 2.55 bits per heavy atom. The lowest BCUT2D eigenvalue weighted by Crippen LogP contribution is -2.21. The van der Waals surface area contributed by atoms with E-state index >= 15 is 0 Å². The largest absolute Gasteiger partial charge is 0.483 e. The molecule has 1 N–H and O–H groups in total. The molecule has 1 amide bonds. The Kier molecular flexibility index (Phi) is 4.74. The van der Waals surface area contributed by atoms with Crippen molar-refractivity contribution in [2.24, 2.45) is 0 Å². The number of nitrogens with one attached hydrogen (secondary N) is 1. The number of halogens is 1. The highest BCUT2D eigenvalue weighted by Gasteiger charge is 2.08. The van der Waals surface area contributed by atoms with Crippen LogP contribution < -0.4 is 10.1 Å². The van der Waals surface area contributed by atoms with Crippen molar-refractivity contribution in [1.29, 1.82) is 0 Å². The molecule has 5 heteroatoms. The maximum absolute atomic E-state index is 11.8. The molecule has 1 aromatic heterocycles. The number of hydrogen-bond acceptors (Lipinski definition) is 3. The van der Waals surface area contributed by atoms with Gasteiger partial charge >= 0.3 is 0 Å². The maximum Gasteiger partial charge on any atom is 0.263 e. The van der Waals surface area contributed by atoms with Crippen molar-refractivity contribution in [3.05, 3.63) is 52.1 Å². The molecule has 0 spiro atoms. The maximum atomic E-state index is 11.8. The molecular weight excluding hydrogens is 320 g/mol. The minimum absolute atomic E-state index is 0.0383. The molecule has 20 heavy (non-hydrogen) atoms. The average Bonchev–Trinajstić information content (AvgIpc) is 2.41. The first kappa shape index (κ1) is 14.5. The van der Waals surface area contributed by atoms with Gasteiger partial charge in [0.1, 0.15) is 11.6 Å². The Balaban J connectivity index is 1.94.